The second kappa shape index (κ2) is 6.85. The molecule has 0 aliphatic heterocycles. The predicted octanol–water partition coefficient (Wildman–Crippen LogP) is 2.69. The summed E-state index contributed by atoms with van der Waals surface area (Å²) in [5.41, 5.74) is 3.81. The first-order chi connectivity index (χ1) is 9.70. The van der Waals surface area contributed by atoms with Crippen LogP contribution in [0.2, 0.25) is 0 Å². The van der Waals surface area contributed by atoms with Crippen LogP contribution >= 0.6 is 0 Å². The van der Waals surface area contributed by atoms with Crippen LogP contribution in [-0.4, -0.2) is 11.7 Å². The first-order valence-corrected chi connectivity index (χ1v) is 6.64. The summed E-state index contributed by atoms with van der Waals surface area (Å²) in [6, 6.07) is 17.4. The summed E-state index contributed by atoms with van der Waals surface area (Å²) in [6.45, 7) is 3.18. The average Bonchev–Trinajstić information content (AvgIpc) is 2.48. The van der Waals surface area contributed by atoms with E-state index in [9.17, 15) is 5.11 Å². The normalized spacial score (nSPS) is 11.8. The molecule has 2 aromatic carbocycles. The Bertz CT molecular complexity index is 599. The van der Waals surface area contributed by atoms with E-state index in [4.69, 9.17) is 5.26 Å². The van der Waals surface area contributed by atoms with E-state index in [1.165, 1.54) is 0 Å². The molecule has 0 heterocycles. The van der Waals surface area contributed by atoms with E-state index >= 15 is 0 Å². The number of aryl methyl sites for hydroxylation is 1. The summed E-state index contributed by atoms with van der Waals surface area (Å²) in [5.74, 6) is 0. The Labute approximate surface area is 119 Å². The highest BCUT2D eigenvalue weighted by atomic mass is 16.3. The van der Waals surface area contributed by atoms with Gasteiger partial charge in [0.15, 0.2) is 0 Å². The number of rotatable bonds is 5. The molecule has 3 nitrogen and oxygen atoms in total. The largest absolute Gasteiger partial charge is 0.387 e. The van der Waals surface area contributed by atoms with Gasteiger partial charge in [-0.05, 0) is 35.7 Å². The summed E-state index contributed by atoms with van der Waals surface area (Å²) in [5, 5.41) is 22.1. The van der Waals surface area contributed by atoms with Gasteiger partial charge in [-0.1, -0.05) is 36.4 Å². The topological polar surface area (TPSA) is 56.0 Å². The second-order valence-electron chi connectivity index (χ2n) is 4.81. The Hall–Kier alpha value is -2.15. The van der Waals surface area contributed by atoms with E-state index in [2.05, 4.69) is 11.4 Å². The fourth-order valence-corrected chi connectivity index (χ4v) is 2.12. The van der Waals surface area contributed by atoms with Crippen LogP contribution in [0.3, 0.4) is 0 Å². The highest BCUT2D eigenvalue weighted by Gasteiger charge is 2.08. The first-order valence-electron chi connectivity index (χ1n) is 6.64. The van der Waals surface area contributed by atoms with Gasteiger partial charge in [0.05, 0.1) is 17.7 Å². The Morgan fingerprint density at radius 1 is 1.15 bits per heavy atom. The van der Waals surface area contributed by atoms with Crippen LogP contribution in [0.5, 0.6) is 0 Å². The first kappa shape index (κ1) is 14.3. The van der Waals surface area contributed by atoms with Crippen LogP contribution < -0.4 is 5.32 Å². The van der Waals surface area contributed by atoms with Crippen molar-refractivity contribution in [3.05, 3.63) is 70.8 Å². The Kier molecular flexibility index (Phi) is 4.89. The lowest BCUT2D eigenvalue weighted by atomic mass is 10.0. The second-order valence-corrected chi connectivity index (χ2v) is 4.81. The van der Waals surface area contributed by atoms with E-state index in [1.807, 2.05) is 43.3 Å². The molecule has 1 unspecified atom stereocenters. The maximum atomic E-state index is 10.2. The zero-order valence-electron chi connectivity index (χ0n) is 11.5. The van der Waals surface area contributed by atoms with Crippen LogP contribution in [0.25, 0.3) is 0 Å². The van der Waals surface area contributed by atoms with Gasteiger partial charge < -0.3 is 10.4 Å². The van der Waals surface area contributed by atoms with Crippen molar-refractivity contribution >= 4 is 0 Å². The van der Waals surface area contributed by atoms with Crippen molar-refractivity contribution in [3.63, 3.8) is 0 Å². The molecule has 3 heteroatoms. The van der Waals surface area contributed by atoms with Gasteiger partial charge in [0.25, 0.3) is 0 Å². The Morgan fingerprint density at radius 3 is 2.50 bits per heavy atom. The number of nitrogens with one attached hydrogen (secondary N) is 1. The molecule has 0 spiro atoms. The van der Waals surface area contributed by atoms with Crippen molar-refractivity contribution in [3.8, 4) is 6.07 Å². The third-order valence-electron chi connectivity index (χ3n) is 3.30. The van der Waals surface area contributed by atoms with E-state index in [1.54, 1.807) is 12.1 Å². The van der Waals surface area contributed by atoms with E-state index in [0.717, 1.165) is 16.7 Å². The van der Waals surface area contributed by atoms with Crippen molar-refractivity contribution in [2.24, 2.45) is 0 Å². The fraction of sp³-hybridized carbons (Fsp3) is 0.235. The summed E-state index contributed by atoms with van der Waals surface area (Å²) in [4.78, 5) is 0. The maximum absolute atomic E-state index is 10.2. The average molecular weight is 266 g/mol. The fourth-order valence-electron chi connectivity index (χ4n) is 2.12. The minimum absolute atomic E-state index is 0.505. The van der Waals surface area contributed by atoms with E-state index in [-0.39, 0.29) is 0 Å². The quantitative estimate of drug-likeness (QED) is 0.874. The molecular weight excluding hydrogens is 248 g/mol. The molecular formula is C17H18N2O. The van der Waals surface area contributed by atoms with E-state index in [0.29, 0.717) is 18.7 Å². The number of hydrogen-bond acceptors (Lipinski definition) is 3. The molecule has 0 saturated heterocycles. The molecule has 20 heavy (non-hydrogen) atoms. The third-order valence-corrected chi connectivity index (χ3v) is 3.30. The molecule has 0 aromatic heterocycles. The van der Waals surface area contributed by atoms with Gasteiger partial charge in [-0.25, -0.2) is 0 Å². The molecule has 0 aliphatic rings. The zero-order chi connectivity index (χ0) is 14.4. The Balaban J connectivity index is 1.86. The number of benzene rings is 2. The number of nitrogens with zero attached hydrogens (tertiary/aromatic N) is 1. The highest BCUT2D eigenvalue weighted by Crippen LogP contribution is 2.16. The number of nitriles is 1. The third kappa shape index (κ3) is 3.67. The number of aliphatic hydroxyl groups excluding tert-OH is 1. The zero-order valence-corrected chi connectivity index (χ0v) is 11.5. The minimum atomic E-state index is -0.505. The molecule has 0 aliphatic carbocycles. The monoisotopic (exact) mass is 266 g/mol. The van der Waals surface area contributed by atoms with E-state index < -0.39 is 6.10 Å². The van der Waals surface area contributed by atoms with Crippen LogP contribution in [-0.2, 0) is 6.54 Å². The number of aliphatic hydroxyl groups is 1. The van der Waals surface area contributed by atoms with Crippen molar-refractivity contribution < 1.29 is 5.11 Å². The van der Waals surface area contributed by atoms with Gasteiger partial charge in [-0.2, -0.15) is 5.26 Å². The molecule has 2 rings (SSSR count). The van der Waals surface area contributed by atoms with Crippen LogP contribution in [0.4, 0.5) is 0 Å². The number of hydrogen-bond donors (Lipinski definition) is 2. The molecule has 0 bridgehead atoms. The van der Waals surface area contributed by atoms with Crippen LogP contribution in [0, 0.1) is 18.3 Å². The summed E-state index contributed by atoms with van der Waals surface area (Å²) >= 11 is 0. The van der Waals surface area contributed by atoms with Gasteiger partial charge in [0.1, 0.15) is 0 Å². The van der Waals surface area contributed by atoms with Gasteiger partial charge in [-0.3, -0.25) is 0 Å². The molecule has 2 aromatic rings. The van der Waals surface area contributed by atoms with Gasteiger partial charge in [0, 0.05) is 13.1 Å². The molecule has 2 N–H and O–H groups in total. The van der Waals surface area contributed by atoms with Gasteiger partial charge >= 0.3 is 0 Å². The molecule has 1 atom stereocenters. The van der Waals surface area contributed by atoms with Crippen LogP contribution in [0.15, 0.2) is 48.5 Å². The molecule has 102 valence electrons. The standard InChI is InChI=1S/C17H18N2O/c1-13-4-2-3-5-16(13)17(20)12-19-11-15-8-6-14(10-18)7-9-15/h2-9,17,19-20H,11-12H2,1H3. The summed E-state index contributed by atoms with van der Waals surface area (Å²) in [6.07, 6.45) is -0.505. The smallest absolute Gasteiger partial charge is 0.0991 e. The minimum Gasteiger partial charge on any atom is -0.387 e. The lowest BCUT2D eigenvalue weighted by molar-refractivity contribution is 0.173. The molecule has 0 radical (unpaired) electrons. The van der Waals surface area contributed by atoms with Crippen LogP contribution in [0.1, 0.15) is 28.4 Å². The van der Waals surface area contributed by atoms with Crippen molar-refractivity contribution in [2.45, 2.75) is 19.6 Å². The van der Waals surface area contributed by atoms with Gasteiger partial charge in [0.2, 0.25) is 0 Å². The predicted molar refractivity (Wildman–Crippen MR) is 79.0 cm³/mol. The highest BCUT2D eigenvalue weighted by molar-refractivity contribution is 5.31. The van der Waals surface area contributed by atoms with Crippen molar-refractivity contribution in [1.29, 1.82) is 5.26 Å². The van der Waals surface area contributed by atoms with Crippen molar-refractivity contribution in [2.75, 3.05) is 6.54 Å². The Morgan fingerprint density at radius 2 is 1.85 bits per heavy atom. The molecule has 0 fully saturated rings. The summed E-state index contributed by atoms with van der Waals surface area (Å²) < 4.78 is 0. The SMILES string of the molecule is Cc1ccccc1C(O)CNCc1ccc(C#N)cc1. The van der Waals surface area contributed by atoms with Crippen molar-refractivity contribution in [1.82, 2.24) is 5.32 Å². The lowest BCUT2D eigenvalue weighted by Crippen LogP contribution is -2.21. The summed E-state index contributed by atoms with van der Waals surface area (Å²) in [7, 11) is 0. The molecule has 0 amide bonds. The van der Waals surface area contributed by atoms with Gasteiger partial charge in [-0.15, -0.1) is 0 Å². The maximum Gasteiger partial charge on any atom is 0.0991 e. The lowest BCUT2D eigenvalue weighted by Gasteiger charge is -2.14. The molecule has 0 saturated carbocycles.